The molecule has 2 rings (SSSR count). The van der Waals surface area contributed by atoms with Gasteiger partial charge >= 0.3 is 0 Å². The van der Waals surface area contributed by atoms with Crippen molar-refractivity contribution in [3.05, 3.63) is 0 Å². The van der Waals surface area contributed by atoms with E-state index in [1.54, 1.807) is 0 Å². The molecule has 0 spiro atoms. The summed E-state index contributed by atoms with van der Waals surface area (Å²) < 4.78 is 0. The van der Waals surface area contributed by atoms with E-state index >= 15 is 0 Å². The van der Waals surface area contributed by atoms with Gasteiger partial charge in [-0.25, -0.2) is 5.48 Å². The molecule has 15 heavy (non-hydrogen) atoms. The van der Waals surface area contributed by atoms with E-state index < -0.39 is 17.9 Å². The van der Waals surface area contributed by atoms with Crippen molar-refractivity contribution in [1.29, 1.82) is 0 Å². The summed E-state index contributed by atoms with van der Waals surface area (Å²) in [5.74, 6) is -1.59. The average molecular weight is 213 g/mol. The Hall–Kier alpha value is -1.63. The van der Waals surface area contributed by atoms with Crippen LogP contribution < -0.4 is 11.2 Å². The van der Waals surface area contributed by atoms with Gasteiger partial charge in [0, 0.05) is 13.0 Å². The summed E-state index contributed by atoms with van der Waals surface area (Å²) >= 11 is 0. The monoisotopic (exact) mass is 213 g/mol. The van der Waals surface area contributed by atoms with Crippen LogP contribution in [0.4, 0.5) is 0 Å². The van der Waals surface area contributed by atoms with E-state index in [1.807, 2.05) is 0 Å². The lowest BCUT2D eigenvalue weighted by atomic mass is 10.1. The number of amides is 3. The zero-order valence-electron chi connectivity index (χ0n) is 7.93. The van der Waals surface area contributed by atoms with Gasteiger partial charge in [0.25, 0.3) is 5.91 Å². The van der Waals surface area contributed by atoms with E-state index in [0.29, 0.717) is 0 Å². The van der Waals surface area contributed by atoms with Gasteiger partial charge in [-0.1, -0.05) is 0 Å². The molecular weight excluding hydrogens is 202 g/mol. The van der Waals surface area contributed by atoms with Crippen LogP contribution in [0.15, 0.2) is 0 Å². The highest BCUT2D eigenvalue weighted by Crippen LogP contribution is 2.21. The highest BCUT2D eigenvalue weighted by Gasteiger charge is 2.42. The first-order valence-corrected chi connectivity index (χ1v) is 4.60. The molecule has 7 heteroatoms. The fraction of sp³-hybridized carbons (Fsp3) is 0.625. The van der Waals surface area contributed by atoms with Crippen LogP contribution in [0.1, 0.15) is 6.42 Å². The number of nitrogens with two attached hydrogens (primary N) is 1. The molecular formula is C8H11N3O4. The molecule has 2 unspecified atom stereocenters. The molecule has 0 bridgehead atoms. The van der Waals surface area contributed by atoms with Gasteiger partial charge in [-0.3, -0.25) is 19.2 Å². The Kier molecular flexibility index (Phi) is 2.31. The van der Waals surface area contributed by atoms with Gasteiger partial charge in [-0.2, -0.15) is 0 Å². The van der Waals surface area contributed by atoms with Crippen LogP contribution in [0.25, 0.3) is 0 Å². The molecule has 0 aromatic carbocycles. The molecule has 0 aromatic rings. The van der Waals surface area contributed by atoms with Gasteiger partial charge in [-0.05, 0) is 0 Å². The molecule has 0 saturated carbocycles. The third-order valence-corrected chi connectivity index (χ3v) is 2.65. The standard InChI is InChI=1S/C8H11N3O4/c9-7(13)4-1-6(12)11(2-4)5-3-15-10-8(5)14/h4-5H,1-3H2,(H2,9,13)(H,10,14). The average Bonchev–Trinajstić information content (AvgIpc) is 2.71. The van der Waals surface area contributed by atoms with E-state index in [4.69, 9.17) is 10.6 Å². The normalized spacial score (nSPS) is 30.8. The summed E-state index contributed by atoms with van der Waals surface area (Å²) in [5.41, 5.74) is 7.27. The number of likely N-dealkylation sites (tertiary alicyclic amines) is 1. The summed E-state index contributed by atoms with van der Waals surface area (Å²) in [6, 6.07) is -0.623. The second-order valence-corrected chi connectivity index (χ2v) is 3.64. The van der Waals surface area contributed by atoms with Crippen LogP contribution in [0.5, 0.6) is 0 Å². The van der Waals surface area contributed by atoms with E-state index in [1.165, 1.54) is 4.90 Å². The fourth-order valence-electron chi connectivity index (χ4n) is 1.79. The third kappa shape index (κ3) is 1.65. The maximum Gasteiger partial charge on any atom is 0.268 e. The molecule has 0 aromatic heterocycles. The topological polar surface area (TPSA) is 102 Å². The maximum absolute atomic E-state index is 11.5. The van der Waals surface area contributed by atoms with Gasteiger partial charge in [0.2, 0.25) is 11.8 Å². The van der Waals surface area contributed by atoms with Crippen LogP contribution in [-0.4, -0.2) is 41.8 Å². The summed E-state index contributed by atoms with van der Waals surface area (Å²) in [7, 11) is 0. The number of nitrogens with zero attached hydrogens (tertiary/aromatic N) is 1. The lowest BCUT2D eigenvalue weighted by Crippen LogP contribution is -2.43. The molecule has 2 fully saturated rings. The Bertz CT molecular complexity index is 330. The number of carbonyl (C=O) groups is 3. The van der Waals surface area contributed by atoms with Crippen molar-refractivity contribution >= 4 is 17.7 Å². The van der Waals surface area contributed by atoms with Crippen molar-refractivity contribution in [2.75, 3.05) is 13.2 Å². The third-order valence-electron chi connectivity index (χ3n) is 2.65. The largest absolute Gasteiger partial charge is 0.369 e. The van der Waals surface area contributed by atoms with Gasteiger partial charge in [0.1, 0.15) is 12.6 Å². The zero-order valence-corrected chi connectivity index (χ0v) is 7.93. The number of hydrogen-bond acceptors (Lipinski definition) is 4. The van der Waals surface area contributed by atoms with E-state index in [2.05, 4.69) is 5.48 Å². The Morgan fingerprint density at radius 3 is 2.73 bits per heavy atom. The van der Waals surface area contributed by atoms with Gasteiger partial charge < -0.3 is 10.6 Å². The first-order valence-electron chi connectivity index (χ1n) is 4.60. The molecule has 3 N–H and O–H groups in total. The molecule has 0 radical (unpaired) electrons. The number of nitrogens with one attached hydrogen (secondary N) is 1. The van der Waals surface area contributed by atoms with Crippen LogP contribution in [-0.2, 0) is 19.2 Å². The van der Waals surface area contributed by atoms with Gasteiger partial charge in [0.05, 0.1) is 5.92 Å². The smallest absolute Gasteiger partial charge is 0.268 e. The van der Waals surface area contributed by atoms with Crippen LogP contribution in [0, 0.1) is 5.92 Å². The van der Waals surface area contributed by atoms with Crippen LogP contribution >= 0.6 is 0 Å². The van der Waals surface area contributed by atoms with Crippen molar-refractivity contribution in [2.45, 2.75) is 12.5 Å². The minimum atomic E-state index is -0.623. The van der Waals surface area contributed by atoms with E-state index in [-0.39, 0.29) is 31.4 Å². The van der Waals surface area contributed by atoms with E-state index in [9.17, 15) is 14.4 Å². The lowest BCUT2D eigenvalue weighted by molar-refractivity contribution is -0.135. The zero-order chi connectivity index (χ0) is 11.0. The molecule has 0 aliphatic carbocycles. The number of rotatable bonds is 2. The Morgan fingerprint density at radius 1 is 1.53 bits per heavy atom. The Labute approximate surface area is 85.5 Å². The van der Waals surface area contributed by atoms with Crippen molar-refractivity contribution in [1.82, 2.24) is 10.4 Å². The van der Waals surface area contributed by atoms with Gasteiger partial charge in [0.15, 0.2) is 0 Å². The van der Waals surface area contributed by atoms with Crippen LogP contribution in [0.2, 0.25) is 0 Å². The quantitative estimate of drug-likeness (QED) is 0.541. The number of hydrogen-bond donors (Lipinski definition) is 2. The summed E-state index contributed by atoms with van der Waals surface area (Å²) in [4.78, 5) is 39.7. The molecule has 2 aliphatic heterocycles. The van der Waals surface area contributed by atoms with E-state index in [0.717, 1.165) is 0 Å². The SMILES string of the molecule is NC(=O)C1CC(=O)N(C2CONC2=O)C1. The number of carbonyl (C=O) groups excluding carboxylic acids is 3. The minimum Gasteiger partial charge on any atom is -0.369 e. The Morgan fingerprint density at radius 2 is 2.27 bits per heavy atom. The van der Waals surface area contributed by atoms with Gasteiger partial charge in [-0.15, -0.1) is 0 Å². The Balaban J connectivity index is 2.08. The predicted molar refractivity (Wildman–Crippen MR) is 46.9 cm³/mol. The van der Waals surface area contributed by atoms with Crippen molar-refractivity contribution in [3.8, 4) is 0 Å². The lowest BCUT2D eigenvalue weighted by Gasteiger charge is -2.19. The van der Waals surface area contributed by atoms with Crippen LogP contribution in [0.3, 0.4) is 0 Å². The molecule has 2 saturated heterocycles. The number of hydroxylamine groups is 1. The highest BCUT2D eigenvalue weighted by molar-refractivity contribution is 5.93. The van der Waals surface area contributed by atoms with Crippen molar-refractivity contribution in [2.24, 2.45) is 11.7 Å². The van der Waals surface area contributed by atoms with Crippen molar-refractivity contribution < 1.29 is 19.2 Å². The molecule has 3 amide bonds. The molecule has 2 aliphatic rings. The second kappa shape index (κ2) is 3.50. The minimum absolute atomic E-state index is 0.0825. The fourth-order valence-corrected chi connectivity index (χ4v) is 1.79. The molecule has 82 valence electrons. The molecule has 2 atom stereocenters. The number of primary amides is 1. The highest BCUT2D eigenvalue weighted by atomic mass is 16.7. The summed E-state index contributed by atoms with van der Waals surface area (Å²) in [5, 5.41) is 0. The molecule has 7 nitrogen and oxygen atoms in total. The second-order valence-electron chi connectivity index (χ2n) is 3.64. The first kappa shape index (κ1) is 9.91. The predicted octanol–water partition coefficient (Wildman–Crippen LogP) is -2.25. The summed E-state index contributed by atoms with van der Waals surface area (Å²) in [6.07, 6.45) is 0.0825. The first-order chi connectivity index (χ1) is 7.09. The maximum atomic E-state index is 11.5. The van der Waals surface area contributed by atoms with Crippen molar-refractivity contribution in [3.63, 3.8) is 0 Å². The summed E-state index contributed by atoms with van der Waals surface area (Å²) in [6.45, 7) is 0.325. The molecule has 2 heterocycles.